The summed E-state index contributed by atoms with van der Waals surface area (Å²) in [6.45, 7) is 2.43. The van der Waals surface area contributed by atoms with E-state index in [4.69, 9.17) is 11.6 Å². The Morgan fingerprint density at radius 1 is 1.56 bits per heavy atom. The predicted octanol–water partition coefficient (Wildman–Crippen LogP) is 1.07. The molecule has 2 rings (SSSR count). The molecular formula is C9H10ClN5O. The maximum atomic E-state index is 11.2. The lowest BCUT2D eigenvalue weighted by Crippen LogP contribution is -2.11. The summed E-state index contributed by atoms with van der Waals surface area (Å²) in [6.07, 6.45) is 3.02. The van der Waals surface area contributed by atoms with E-state index in [-0.39, 0.29) is 10.6 Å². The van der Waals surface area contributed by atoms with Crippen LogP contribution in [0.2, 0.25) is 5.02 Å². The van der Waals surface area contributed by atoms with Crippen LogP contribution in [0.3, 0.4) is 0 Å². The van der Waals surface area contributed by atoms with Gasteiger partial charge in [-0.3, -0.25) is 9.89 Å². The summed E-state index contributed by atoms with van der Waals surface area (Å²) >= 11 is 5.78. The van der Waals surface area contributed by atoms with Crippen molar-refractivity contribution in [1.82, 2.24) is 20.2 Å². The van der Waals surface area contributed by atoms with E-state index in [1.54, 1.807) is 6.20 Å². The molecule has 2 heterocycles. The zero-order valence-electron chi connectivity index (χ0n) is 8.54. The summed E-state index contributed by atoms with van der Waals surface area (Å²) in [7, 11) is 0. The van der Waals surface area contributed by atoms with Gasteiger partial charge in [0.2, 0.25) is 0 Å². The van der Waals surface area contributed by atoms with Crippen molar-refractivity contribution in [3.63, 3.8) is 0 Å². The first-order valence-electron chi connectivity index (χ1n) is 4.64. The molecule has 0 radical (unpaired) electrons. The van der Waals surface area contributed by atoms with Crippen molar-refractivity contribution in [2.24, 2.45) is 0 Å². The van der Waals surface area contributed by atoms with E-state index in [0.717, 1.165) is 11.3 Å². The van der Waals surface area contributed by atoms with E-state index in [0.29, 0.717) is 12.4 Å². The van der Waals surface area contributed by atoms with Gasteiger partial charge >= 0.3 is 0 Å². The Hall–Kier alpha value is -1.82. The molecule has 2 aromatic rings. The third-order valence-electron chi connectivity index (χ3n) is 2.18. The van der Waals surface area contributed by atoms with Gasteiger partial charge in [0.25, 0.3) is 5.56 Å². The minimum absolute atomic E-state index is 0.0589. The Bertz CT molecular complexity index is 547. The Morgan fingerprint density at radius 2 is 2.38 bits per heavy atom. The topological polar surface area (TPSA) is 86.5 Å². The third-order valence-corrected chi connectivity index (χ3v) is 2.53. The highest BCUT2D eigenvalue weighted by Crippen LogP contribution is 2.13. The largest absolute Gasteiger partial charge is 0.364 e. The van der Waals surface area contributed by atoms with E-state index >= 15 is 0 Å². The van der Waals surface area contributed by atoms with Crippen molar-refractivity contribution >= 4 is 17.4 Å². The van der Waals surface area contributed by atoms with Crippen molar-refractivity contribution in [1.29, 1.82) is 0 Å². The average Bonchev–Trinajstić information content (AvgIpc) is 2.67. The second-order valence-corrected chi connectivity index (χ2v) is 3.65. The maximum absolute atomic E-state index is 11.2. The molecule has 0 aliphatic rings. The lowest BCUT2D eigenvalue weighted by Gasteiger charge is -2.05. The van der Waals surface area contributed by atoms with E-state index in [1.807, 2.05) is 6.92 Å². The molecule has 84 valence electrons. The van der Waals surface area contributed by atoms with Gasteiger partial charge in [0.1, 0.15) is 5.02 Å². The maximum Gasteiger partial charge on any atom is 0.271 e. The number of hydrogen-bond acceptors (Lipinski definition) is 4. The number of aromatic amines is 2. The van der Waals surface area contributed by atoms with Gasteiger partial charge in [-0.25, -0.2) is 4.98 Å². The summed E-state index contributed by atoms with van der Waals surface area (Å²) < 4.78 is 0. The van der Waals surface area contributed by atoms with Gasteiger partial charge in [-0.05, 0) is 6.92 Å². The monoisotopic (exact) mass is 239 g/mol. The molecule has 6 nitrogen and oxygen atoms in total. The van der Waals surface area contributed by atoms with Crippen molar-refractivity contribution in [3.8, 4) is 0 Å². The number of aromatic nitrogens is 4. The van der Waals surface area contributed by atoms with E-state index < -0.39 is 0 Å². The van der Waals surface area contributed by atoms with Gasteiger partial charge in [-0.2, -0.15) is 5.10 Å². The Kier molecular flexibility index (Phi) is 2.91. The Morgan fingerprint density at radius 3 is 3.06 bits per heavy atom. The van der Waals surface area contributed by atoms with Gasteiger partial charge in [0.15, 0.2) is 5.82 Å². The van der Waals surface area contributed by atoms with Crippen molar-refractivity contribution in [2.45, 2.75) is 13.5 Å². The number of halogens is 1. The zero-order valence-corrected chi connectivity index (χ0v) is 9.30. The van der Waals surface area contributed by atoms with Gasteiger partial charge in [-0.15, -0.1) is 0 Å². The molecule has 0 saturated heterocycles. The minimum atomic E-state index is -0.358. The number of anilines is 1. The molecule has 16 heavy (non-hydrogen) atoms. The van der Waals surface area contributed by atoms with Crippen molar-refractivity contribution in [2.75, 3.05) is 5.32 Å². The number of rotatable bonds is 3. The highest BCUT2D eigenvalue weighted by molar-refractivity contribution is 6.32. The summed E-state index contributed by atoms with van der Waals surface area (Å²) in [5.41, 5.74) is 1.61. The highest BCUT2D eigenvalue weighted by atomic mass is 35.5. The van der Waals surface area contributed by atoms with Crippen molar-refractivity contribution < 1.29 is 0 Å². The normalized spacial score (nSPS) is 10.4. The fourth-order valence-corrected chi connectivity index (χ4v) is 1.41. The molecule has 0 amide bonds. The first-order chi connectivity index (χ1) is 7.68. The van der Waals surface area contributed by atoms with Crippen LogP contribution in [0.15, 0.2) is 17.3 Å². The highest BCUT2D eigenvalue weighted by Gasteiger charge is 2.06. The molecule has 0 aliphatic carbocycles. The summed E-state index contributed by atoms with van der Waals surface area (Å²) in [6, 6.07) is 0. The second kappa shape index (κ2) is 4.36. The van der Waals surface area contributed by atoms with Crippen LogP contribution < -0.4 is 10.9 Å². The predicted molar refractivity (Wildman–Crippen MR) is 60.5 cm³/mol. The van der Waals surface area contributed by atoms with E-state index in [1.165, 1.54) is 6.33 Å². The van der Waals surface area contributed by atoms with Crippen molar-refractivity contribution in [3.05, 3.63) is 39.2 Å². The second-order valence-electron chi connectivity index (χ2n) is 3.27. The SMILES string of the molecule is Cc1[nH]ncc1CNc1nc[nH]c(=O)c1Cl. The molecule has 3 N–H and O–H groups in total. The Labute approximate surface area is 96.1 Å². The molecule has 0 saturated carbocycles. The number of H-pyrrole nitrogens is 2. The standard InChI is InChI=1S/C9H10ClN5O/c1-5-6(3-14-15-5)2-11-8-7(10)9(16)13-4-12-8/h3-4H,2H2,1H3,(H,14,15)(H2,11,12,13,16). The molecule has 0 fully saturated rings. The fourth-order valence-electron chi connectivity index (χ4n) is 1.24. The van der Waals surface area contributed by atoms with Crippen LogP contribution in [0.1, 0.15) is 11.3 Å². The molecule has 0 atom stereocenters. The lowest BCUT2D eigenvalue weighted by atomic mass is 10.2. The lowest BCUT2D eigenvalue weighted by molar-refractivity contribution is 1.03. The zero-order chi connectivity index (χ0) is 11.5. The Balaban J connectivity index is 2.14. The minimum Gasteiger partial charge on any atom is -0.364 e. The van der Waals surface area contributed by atoms with Gasteiger partial charge in [0, 0.05) is 17.8 Å². The van der Waals surface area contributed by atoms with Crippen LogP contribution in [0.5, 0.6) is 0 Å². The van der Waals surface area contributed by atoms with E-state index in [9.17, 15) is 4.79 Å². The van der Waals surface area contributed by atoms with Crippen LogP contribution in [-0.2, 0) is 6.54 Å². The number of nitrogens with one attached hydrogen (secondary N) is 3. The molecule has 0 spiro atoms. The number of aryl methyl sites for hydroxylation is 1. The molecule has 0 aliphatic heterocycles. The van der Waals surface area contributed by atoms with Crippen LogP contribution >= 0.6 is 11.6 Å². The third kappa shape index (κ3) is 2.06. The summed E-state index contributed by atoms with van der Waals surface area (Å²) in [5, 5.41) is 9.74. The van der Waals surface area contributed by atoms with Crippen LogP contribution in [-0.4, -0.2) is 20.2 Å². The number of nitrogens with zero attached hydrogens (tertiary/aromatic N) is 2. The van der Waals surface area contributed by atoms with Gasteiger partial charge in [0.05, 0.1) is 12.5 Å². The van der Waals surface area contributed by atoms with Gasteiger partial charge < -0.3 is 10.3 Å². The first kappa shape index (κ1) is 10.7. The molecule has 7 heteroatoms. The van der Waals surface area contributed by atoms with Crippen LogP contribution in [0.4, 0.5) is 5.82 Å². The van der Waals surface area contributed by atoms with Crippen LogP contribution in [0, 0.1) is 6.92 Å². The number of hydrogen-bond donors (Lipinski definition) is 3. The molecule has 2 aromatic heterocycles. The molecule has 0 unspecified atom stereocenters. The average molecular weight is 240 g/mol. The van der Waals surface area contributed by atoms with Crippen LogP contribution in [0.25, 0.3) is 0 Å². The molecule has 0 bridgehead atoms. The smallest absolute Gasteiger partial charge is 0.271 e. The quantitative estimate of drug-likeness (QED) is 0.748. The molecule has 0 aromatic carbocycles. The fraction of sp³-hybridized carbons (Fsp3) is 0.222. The molecular weight excluding hydrogens is 230 g/mol. The van der Waals surface area contributed by atoms with E-state index in [2.05, 4.69) is 25.5 Å². The summed E-state index contributed by atoms with van der Waals surface area (Å²) in [4.78, 5) is 17.5. The summed E-state index contributed by atoms with van der Waals surface area (Å²) in [5.74, 6) is 0.367. The first-order valence-corrected chi connectivity index (χ1v) is 5.02. The van der Waals surface area contributed by atoms with Gasteiger partial charge in [-0.1, -0.05) is 11.6 Å².